The van der Waals surface area contributed by atoms with Gasteiger partial charge in [-0.15, -0.1) is 0 Å². The van der Waals surface area contributed by atoms with Crippen LogP contribution in [0.2, 0.25) is 0 Å². The SMILES string of the molecule is CNC(C)C(=O)N[C@H](C(=O)N1CCCC1c1cncc(C(=O)c2ccc(F)cc2)c1)C1CCCCC1. The molecular formula is C28H35FN4O3. The van der Waals surface area contributed by atoms with E-state index in [0.717, 1.165) is 50.5 Å². The molecule has 0 radical (unpaired) electrons. The number of carbonyl (C=O) groups is 3. The van der Waals surface area contributed by atoms with E-state index in [0.29, 0.717) is 17.7 Å². The quantitative estimate of drug-likeness (QED) is 0.545. The van der Waals surface area contributed by atoms with Gasteiger partial charge in [0, 0.05) is 30.1 Å². The maximum atomic E-state index is 13.9. The Bertz CT molecular complexity index is 1080. The number of pyridine rings is 1. The van der Waals surface area contributed by atoms with Crippen molar-refractivity contribution in [2.24, 2.45) is 5.92 Å². The third kappa shape index (κ3) is 5.81. The van der Waals surface area contributed by atoms with Crippen molar-refractivity contribution in [3.8, 4) is 0 Å². The summed E-state index contributed by atoms with van der Waals surface area (Å²) in [6.07, 6.45) is 9.93. The largest absolute Gasteiger partial charge is 0.343 e. The number of likely N-dealkylation sites (N-methyl/N-ethyl adjacent to an activating group) is 1. The second kappa shape index (κ2) is 11.7. The molecule has 2 fully saturated rings. The molecule has 2 N–H and O–H groups in total. The Labute approximate surface area is 211 Å². The molecule has 0 bridgehead atoms. The van der Waals surface area contributed by atoms with Gasteiger partial charge in [-0.25, -0.2) is 4.39 Å². The van der Waals surface area contributed by atoms with Crippen LogP contribution in [0.4, 0.5) is 4.39 Å². The normalized spacial score (nSPS) is 20.1. The molecule has 0 spiro atoms. The number of rotatable bonds is 8. The Hall–Kier alpha value is -3.13. The summed E-state index contributed by atoms with van der Waals surface area (Å²) in [6.45, 7) is 2.38. The van der Waals surface area contributed by atoms with Crippen molar-refractivity contribution in [1.82, 2.24) is 20.5 Å². The summed E-state index contributed by atoms with van der Waals surface area (Å²) in [5, 5.41) is 6.00. The Morgan fingerprint density at radius 2 is 1.72 bits per heavy atom. The number of ketones is 1. The third-order valence-corrected chi connectivity index (χ3v) is 7.56. The average Bonchev–Trinajstić information content (AvgIpc) is 3.41. The highest BCUT2D eigenvalue weighted by atomic mass is 19.1. The van der Waals surface area contributed by atoms with E-state index >= 15 is 0 Å². The van der Waals surface area contributed by atoms with Gasteiger partial charge in [0.25, 0.3) is 0 Å². The number of aromatic nitrogens is 1. The Kier molecular flexibility index (Phi) is 8.46. The van der Waals surface area contributed by atoms with Gasteiger partial charge in [0.1, 0.15) is 11.9 Å². The van der Waals surface area contributed by atoms with Crippen molar-refractivity contribution in [2.75, 3.05) is 13.6 Å². The van der Waals surface area contributed by atoms with E-state index in [1.165, 1.54) is 30.5 Å². The lowest BCUT2D eigenvalue weighted by Gasteiger charge is -2.35. The Balaban J connectivity index is 1.56. The number of hydrogen-bond donors (Lipinski definition) is 2. The summed E-state index contributed by atoms with van der Waals surface area (Å²) in [6, 6.07) is 6.05. The van der Waals surface area contributed by atoms with E-state index in [-0.39, 0.29) is 29.6 Å². The van der Waals surface area contributed by atoms with Crippen LogP contribution in [0.15, 0.2) is 42.7 Å². The summed E-state index contributed by atoms with van der Waals surface area (Å²) in [5.74, 6) is -0.761. The molecule has 8 heteroatoms. The number of hydrogen-bond acceptors (Lipinski definition) is 5. The minimum atomic E-state index is -0.564. The van der Waals surface area contributed by atoms with Crippen LogP contribution in [0.1, 0.15) is 79.4 Å². The van der Waals surface area contributed by atoms with E-state index in [2.05, 4.69) is 15.6 Å². The van der Waals surface area contributed by atoms with Gasteiger partial charge >= 0.3 is 0 Å². The van der Waals surface area contributed by atoms with Crippen LogP contribution in [0.5, 0.6) is 0 Å². The lowest BCUT2D eigenvalue weighted by atomic mass is 9.83. The van der Waals surface area contributed by atoms with Crippen molar-refractivity contribution in [1.29, 1.82) is 0 Å². The molecule has 2 heterocycles. The van der Waals surface area contributed by atoms with E-state index in [1.54, 1.807) is 26.2 Å². The Morgan fingerprint density at radius 3 is 2.42 bits per heavy atom. The minimum Gasteiger partial charge on any atom is -0.343 e. The van der Waals surface area contributed by atoms with Crippen LogP contribution in [-0.2, 0) is 9.59 Å². The van der Waals surface area contributed by atoms with Crippen molar-refractivity contribution < 1.29 is 18.8 Å². The van der Waals surface area contributed by atoms with Crippen molar-refractivity contribution in [3.63, 3.8) is 0 Å². The topological polar surface area (TPSA) is 91.4 Å². The number of nitrogens with zero attached hydrogens (tertiary/aromatic N) is 2. The highest BCUT2D eigenvalue weighted by Gasteiger charge is 2.39. The molecule has 1 aromatic carbocycles. The van der Waals surface area contributed by atoms with Crippen molar-refractivity contribution in [2.45, 2.75) is 70.0 Å². The van der Waals surface area contributed by atoms with Gasteiger partial charge in [0.05, 0.1) is 12.1 Å². The summed E-state index contributed by atoms with van der Waals surface area (Å²) >= 11 is 0. The predicted molar refractivity (Wildman–Crippen MR) is 135 cm³/mol. The fourth-order valence-corrected chi connectivity index (χ4v) is 5.35. The molecule has 2 aliphatic rings. The minimum absolute atomic E-state index is 0.0590. The van der Waals surface area contributed by atoms with Gasteiger partial charge in [0.2, 0.25) is 11.8 Å². The fourth-order valence-electron chi connectivity index (χ4n) is 5.35. The number of halogens is 1. The molecule has 36 heavy (non-hydrogen) atoms. The van der Waals surface area contributed by atoms with Crippen LogP contribution in [0, 0.1) is 11.7 Å². The van der Waals surface area contributed by atoms with Gasteiger partial charge in [0.15, 0.2) is 5.78 Å². The first-order chi connectivity index (χ1) is 17.4. The van der Waals surface area contributed by atoms with Crippen LogP contribution in [0.25, 0.3) is 0 Å². The molecule has 1 aliphatic heterocycles. The zero-order valence-electron chi connectivity index (χ0n) is 21.0. The number of amides is 2. The monoisotopic (exact) mass is 494 g/mol. The van der Waals surface area contributed by atoms with Crippen molar-refractivity contribution in [3.05, 3.63) is 65.2 Å². The summed E-state index contributed by atoms with van der Waals surface area (Å²) < 4.78 is 13.3. The van der Waals surface area contributed by atoms with E-state index in [1.807, 2.05) is 4.90 Å². The second-order valence-corrected chi connectivity index (χ2v) is 9.93. The number of nitrogens with one attached hydrogen (secondary N) is 2. The molecule has 2 unspecified atom stereocenters. The number of carbonyl (C=O) groups excluding carboxylic acids is 3. The summed E-state index contributed by atoms with van der Waals surface area (Å²) in [5.41, 5.74) is 1.58. The fraction of sp³-hybridized carbons (Fsp3) is 0.500. The van der Waals surface area contributed by atoms with Crippen LogP contribution >= 0.6 is 0 Å². The van der Waals surface area contributed by atoms with Gasteiger partial charge in [-0.3, -0.25) is 19.4 Å². The first kappa shape index (κ1) is 25.9. The molecule has 1 aromatic heterocycles. The lowest BCUT2D eigenvalue weighted by Crippen LogP contribution is -2.55. The first-order valence-corrected chi connectivity index (χ1v) is 12.9. The molecule has 1 aliphatic carbocycles. The van der Waals surface area contributed by atoms with Crippen molar-refractivity contribution >= 4 is 17.6 Å². The second-order valence-electron chi connectivity index (χ2n) is 9.93. The third-order valence-electron chi connectivity index (χ3n) is 7.56. The van der Waals surface area contributed by atoms with Gasteiger partial charge in [-0.1, -0.05) is 19.3 Å². The van der Waals surface area contributed by atoms with Gasteiger partial charge in [-0.05, 0) is 81.5 Å². The van der Waals surface area contributed by atoms with E-state index in [4.69, 9.17) is 0 Å². The van der Waals surface area contributed by atoms with Crippen LogP contribution in [0.3, 0.4) is 0 Å². The highest BCUT2D eigenvalue weighted by Crippen LogP contribution is 2.35. The zero-order chi connectivity index (χ0) is 25.7. The molecule has 192 valence electrons. The number of benzene rings is 1. The molecule has 4 rings (SSSR count). The molecule has 2 amide bonds. The van der Waals surface area contributed by atoms with E-state index < -0.39 is 17.9 Å². The molecule has 2 aromatic rings. The first-order valence-electron chi connectivity index (χ1n) is 12.9. The molecule has 1 saturated carbocycles. The molecular weight excluding hydrogens is 459 g/mol. The molecule has 7 nitrogen and oxygen atoms in total. The van der Waals surface area contributed by atoms with E-state index in [9.17, 15) is 18.8 Å². The average molecular weight is 495 g/mol. The van der Waals surface area contributed by atoms with Gasteiger partial charge < -0.3 is 15.5 Å². The molecule has 3 atom stereocenters. The maximum absolute atomic E-state index is 13.9. The zero-order valence-corrected chi connectivity index (χ0v) is 21.0. The predicted octanol–water partition coefficient (Wildman–Crippen LogP) is 3.79. The van der Waals surface area contributed by atoms with Crippen LogP contribution in [-0.4, -0.2) is 53.2 Å². The Morgan fingerprint density at radius 1 is 1.00 bits per heavy atom. The standard InChI is InChI=1S/C28H35FN4O3/c1-18(30-2)27(35)32-25(19-7-4-3-5-8-19)28(36)33-14-6-9-24(33)21-15-22(17-31-16-21)26(34)20-10-12-23(29)13-11-20/h10-13,15-19,24-25,30H,3-9,14H2,1-2H3,(H,32,35)/t18?,24?,25-/m0/s1. The highest BCUT2D eigenvalue weighted by molar-refractivity contribution is 6.08. The number of likely N-dealkylation sites (tertiary alicyclic amines) is 1. The molecule has 1 saturated heterocycles. The smallest absolute Gasteiger partial charge is 0.245 e. The van der Waals surface area contributed by atoms with Gasteiger partial charge in [-0.2, -0.15) is 0 Å². The summed E-state index contributed by atoms with van der Waals surface area (Å²) in [7, 11) is 1.73. The van der Waals surface area contributed by atoms with Crippen LogP contribution < -0.4 is 10.6 Å². The lowest BCUT2D eigenvalue weighted by molar-refractivity contribution is -0.139. The maximum Gasteiger partial charge on any atom is 0.245 e. The summed E-state index contributed by atoms with van der Waals surface area (Å²) in [4.78, 5) is 45.8.